The summed E-state index contributed by atoms with van der Waals surface area (Å²) >= 11 is 6.22. The van der Waals surface area contributed by atoms with E-state index in [1.54, 1.807) is 30.3 Å². The first-order valence-electron chi connectivity index (χ1n) is 15.3. The fourth-order valence-electron chi connectivity index (χ4n) is 6.00. The Kier molecular flexibility index (Phi) is 8.67. The van der Waals surface area contributed by atoms with E-state index in [1.165, 1.54) is 19.1 Å². The van der Waals surface area contributed by atoms with Crippen LogP contribution in [0.1, 0.15) is 55.1 Å². The predicted octanol–water partition coefficient (Wildman–Crippen LogP) is 3.50. The van der Waals surface area contributed by atoms with Gasteiger partial charge in [0.15, 0.2) is 11.5 Å². The van der Waals surface area contributed by atoms with Crippen molar-refractivity contribution >= 4 is 51.7 Å². The highest BCUT2D eigenvalue weighted by Gasteiger charge is 2.52. The summed E-state index contributed by atoms with van der Waals surface area (Å²) in [5.41, 5.74) is 4.22. The van der Waals surface area contributed by atoms with E-state index in [-0.39, 0.29) is 31.1 Å². The van der Waals surface area contributed by atoms with Crippen LogP contribution in [0.3, 0.4) is 0 Å². The molecule has 3 heterocycles. The van der Waals surface area contributed by atoms with Crippen LogP contribution in [0.25, 0.3) is 16.6 Å². The Balaban J connectivity index is 1.31. The largest absolute Gasteiger partial charge is 0.493 e. The highest BCUT2D eigenvalue weighted by atomic mass is 35.5. The second kappa shape index (κ2) is 12.7. The van der Waals surface area contributed by atoms with E-state index in [9.17, 15) is 19.2 Å². The van der Waals surface area contributed by atoms with Crippen molar-refractivity contribution in [2.45, 2.75) is 62.8 Å². The number of fused-ring (bicyclic) bond motifs is 1. The normalized spacial score (nSPS) is 21.1. The molecule has 1 saturated carbocycles. The summed E-state index contributed by atoms with van der Waals surface area (Å²) in [5.74, 6) is -1.40. The van der Waals surface area contributed by atoms with E-state index in [0.29, 0.717) is 39.5 Å². The highest BCUT2D eigenvalue weighted by molar-refractivity contribution is 6.38. The van der Waals surface area contributed by atoms with E-state index in [2.05, 4.69) is 21.1 Å². The van der Waals surface area contributed by atoms with Gasteiger partial charge in [-0.1, -0.05) is 37.1 Å². The lowest BCUT2D eigenvalue weighted by Gasteiger charge is -2.25. The van der Waals surface area contributed by atoms with Gasteiger partial charge in [0.2, 0.25) is 11.7 Å². The zero-order valence-corrected chi connectivity index (χ0v) is 26.5. The number of hydrogen-bond donors (Lipinski definition) is 4. The van der Waals surface area contributed by atoms with E-state index < -0.39 is 41.2 Å². The summed E-state index contributed by atoms with van der Waals surface area (Å²) in [7, 11) is 3.06. The van der Waals surface area contributed by atoms with E-state index in [4.69, 9.17) is 25.9 Å². The Morgan fingerprint density at radius 2 is 1.87 bits per heavy atom. The maximum atomic E-state index is 14.2. The number of ether oxygens (including phenoxy) is 2. The predicted molar refractivity (Wildman–Crippen MR) is 170 cm³/mol. The minimum Gasteiger partial charge on any atom is -0.493 e. The first-order valence-corrected chi connectivity index (χ1v) is 15.6. The number of ketones is 1. The van der Waals surface area contributed by atoms with E-state index in [0.717, 1.165) is 18.4 Å². The Morgan fingerprint density at radius 1 is 1.11 bits per heavy atom. The van der Waals surface area contributed by atoms with Crippen LogP contribution in [0.5, 0.6) is 11.5 Å². The summed E-state index contributed by atoms with van der Waals surface area (Å²) in [6.45, 7) is 1.91. The van der Waals surface area contributed by atoms with Crippen LogP contribution in [0.2, 0.25) is 5.02 Å². The number of likely N-dealkylation sites (tertiary alicyclic amines) is 1. The molecule has 3 aliphatic rings. The third-order valence-electron chi connectivity index (χ3n) is 8.53. The summed E-state index contributed by atoms with van der Waals surface area (Å²) in [6, 6.07) is 10.4. The zero-order valence-electron chi connectivity index (χ0n) is 25.8. The molecule has 12 nitrogen and oxygen atoms in total. The lowest BCUT2D eigenvalue weighted by Crippen LogP contribution is -2.53. The molecule has 1 aliphatic carbocycles. The Morgan fingerprint density at radius 3 is 2.57 bits per heavy atom. The third-order valence-corrected chi connectivity index (χ3v) is 8.76. The number of halogens is 1. The molecule has 3 aromatic rings. The van der Waals surface area contributed by atoms with Gasteiger partial charge in [-0.2, -0.15) is 0 Å². The molecule has 3 atom stereocenters. The molecule has 0 radical (unpaired) electrons. The Labute approximate surface area is 270 Å². The SMILES string of the molecule is CCC[C@H](NC(=O)[C@@H]1C[C@]2(C=C(c3cccc(Cl)c3)NO2)CN1C(=O)c1cc2cc(OC)c(OC)cc2[nH]1)C(=O)C(=O)NC1CC1. The van der Waals surface area contributed by atoms with Crippen molar-refractivity contribution in [1.82, 2.24) is 26.0 Å². The lowest BCUT2D eigenvalue weighted by molar-refractivity contribution is -0.140. The molecular formula is C33H36ClN5O7. The zero-order chi connectivity index (χ0) is 32.6. The molecule has 2 fully saturated rings. The molecule has 13 heteroatoms. The van der Waals surface area contributed by atoms with E-state index in [1.807, 2.05) is 25.1 Å². The Hall–Kier alpha value is -4.55. The number of carbonyl (C=O) groups excluding carboxylic acids is 4. The van der Waals surface area contributed by atoms with Gasteiger partial charge in [0.25, 0.3) is 11.8 Å². The van der Waals surface area contributed by atoms with Crippen molar-refractivity contribution < 1.29 is 33.5 Å². The number of nitrogens with zero attached hydrogens (tertiary/aromatic N) is 1. The summed E-state index contributed by atoms with van der Waals surface area (Å²) in [4.78, 5) is 64.5. The Bertz CT molecular complexity index is 1690. The number of nitrogens with one attached hydrogen (secondary N) is 4. The van der Waals surface area contributed by atoms with Crippen LogP contribution < -0.4 is 25.6 Å². The molecule has 0 bridgehead atoms. The number of amides is 3. The van der Waals surface area contributed by atoms with Crippen molar-refractivity contribution in [2.75, 3.05) is 20.8 Å². The maximum Gasteiger partial charge on any atom is 0.289 e. The van der Waals surface area contributed by atoms with Crippen molar-refractivity contribution in [2.24, 2.45) is 0 Å². The minimum absolute atomic E-state index is 0.000899. The van der Waals surface area contributed by atoms with Gasteiger partial charge in [0.1, 0.15) is 17.3 Å². The standard InChI is InChI=1S/C33H36ClN5O7/c1-4-6-22(29(40)31(42)35-21-9-10-21)37-30(41)26-16-33(15-25(38-46-33)18-7-5-8-20(34)11-18)17-39(26)32(43)24-12-19-13-27(44-2)28(45-3)14-23(19)36-24/h5,7-8,11-15,21-22,26,36,38H,4,6,9-10,16-17H2,1-3H3,(H,35,42)(H,37,41)/t22-,26-,33+/m0/s1. The van der Waals surface area contributed by atoms with Gasteiger partial charge in [0, 0.05) is 40.0 Å². The third kappa shape index (κ3) is 6.27. The van der Waals surface area contributed by atoms with Gasteiger partial charge in [-0.15, -0.1) is 0 Å². The number of Topliss-reactive ketones (excluding diaryl/α,β-unsaturated/α-hetero) is 1. The van der Waals surface area contributed by atoms with Crippen LogP contribution in [0.15, 0.2) is 48.5 Å². The van der Waals surface area contributed by atoms with Gasteiger partial charge in [-0.3, -0.25) is 29.5 Å². The van der Waals surface area contributed by atoms with Crippen LogP contribution in [-0.4, -0.2) is 77.9 Å². The number of carbonyl (C=O) groups is 4. The molecule has 0 unspecified atom stereocenters. The van der Waals surface area contributed by atoms with Gasteiger partial charge in [-0.05, 0) is 49.6 Å². The topological polar surface area (TPSA) is 151 Å². The summed E-state index contributed by atoms with van der Waals surface area (Å²) in [5, 5.41) is 6.75. The molecule has 2 aromatic carbocycles. The smallest absolute Gasteiger partial charge is 0.289 e. The van der Waals surface area contributed by atoms with Gasteiger partial charge < -0.3 is 30.0 Å². The fourth-order valence-corrected chi connectivity index (χ4v) is 6.19. The maximum absolute atomic E-state index is 14.2. The van der Waals surface area contributed by atoms with Crippen LogP contribution in [0.4, 0.5) is 0 Å². The van der Waals surface area contributed by atoms with Crippen LogP contribution >= 0.6 is 11.6 Å². The van der Waals surface area contributed by atoms with Gasteiger partial charge in [-0.25, -0.2) is 0 Å². The van der Waals surface area contributed by atoms with Crippen molar-refractivity contribution in [3.8, 4) is 11.5 Å². The number of aromatic nitrogens is 1. The molecule has 242 valence electrons. The molecule has 1 saturated heterocycles. The average molecular weight is 650 g/mol. The number of H-pyrrole nitrogens is 1. The molecular weight excluding hydrogens is 614 g/mol. The first kappa shape index (κ1) is 31.4. The second-order valence-corrected chi connectivity index (χ2v) is 12.4. The quantitative estimate of drug-likeness (QED) is 0.231. The summed E-state index contributed by atoms with van der Waals surface area (Å²) < 4.78 is 10.8. The number of hydroxylamine groups is 1. The monoisotopic (exact) mass is 649 g/mol. The van der Waals surface area contributed by atoms with Crippen molar-refractivity contribution in [3.63, 3.8) is 0 Å². The lowest BCUT2D eigenvalue weighted by atomic mass is 9.97. The van der Waals surface area contributed by atoms with Crippen molar-refractivity contribution in [3.05, 3.63) is 64.8 Å². The fraction of sp³-hybridized carbons (Fsp3) is 0.394. The molecule has 1 spiro atoms. The number of rotatable bonds is 11. The average Bonchev–Trinajstić information content (AvgIpc) is 3.45. The molecule has 4 N–H and O–H groups in total. The summed E-state index contributed by atoms with van der Waals surface area (Å²) in [6.07, 6.45) is 4.45. The highest BCUT2D eigenvalue weighted by Crippen LogP contribution is 2.39. The van der Waals surface area contributed by atoms with E-state index >= 15 is 0 Å². The molecule has 2 aliphatic heterocycles. The number of methoxy groups -OCH3 is 2. The van der Waals surface area contributed by atoms with Gasteiger partial charge >= 0.3 is 0 Å². The van der Waals surface area contributed by atoms with Gasteiger partial charge in [0.05, 0.1) is 32.5 Å². The molecule has 6 rings (SSSR count). The van der Waals surface area contributed by atoms with Crippen molar-refractivity contribution in [1.29, 1.82) is 0 Å². The molecule has 3 amide bonds. The minimum atomic E-state index is -1.05. The number of aromatic amines is 1. The first-order chi connectivity index (χ1) is 22.1. The van der Waals surface area contributed by atoms with Crippen LogP contribution in [0, 0.1) is 0 Å². The second-order valence-electron chi connectivity index (χ2n) is 11.9. The number of hydrogen-bond acceptors (Lipinski definition) is 8. The molecule has 1 aromatic heterocycles. The molecule has 46 heavy (non-hydrogen) atoms. The number of benzene rings is 2. The van der Waals surface area contributed by atoms with Crippen LogP contribution in [-0.2, 0) is 19.2 Å².